The van der Waals surface area contributed by atoms with Crippen molar-refractivity contribution in [2.75, 3.05) is 4.90 Å². The van der Waals surface area contributed by atoms with Crippen molar-refractivity contribution < 1.29 is 14.4 Å². The third-order valence-electron chi connectivity index (χ3n) is 8.98. The summed E-state index contributed by atoms with van der Waals surface area (Å²) in [5.41, 5.74) is 1.42. The van der Waals surface area contributed by atoms with Crippen LogP contribution < -0.4 is 4.90 Å². The Labute approximate surface area is 211 Å². The quantitative estimate of drug-likeness (QED) is 0.485. The Kier molecular flexibility index (Phi) is 5.63. The third-order valence-corrected chi connectivity index (χ3v) is 9.84. The van der Waals surface area contributed by atoms with Gasteiger partial charge >= 0.3 is 0 Å². The number of thiophene rings is 1. The van der Waals surface area contributed by atoms with Crippen LogP contribution in [0.25, 0.3) is 0 Å². The van der Waals surface area contributed by atoms with Crippen LogP contribution in [0.5, 0.6) is 0 Å². The number of amides is 3. The molecule has 35 heavy (non-hydrogen) atoms. The van der Waals surface area contributed by atoms with Crippen LogP contribution in [0.4, 0.5) is 5.69 Å². The van der Waals surface area contributed by atoms with Crippen molar-refractivity contribution in [2.24, 2.45) is 23.2 Å². The number of benzene rings is 1. The van der Waals surface area contributed by atoms with E-state index in [1.165, 1.54) is 29.7 Å². The monoisotopic (exact) mass is 490 g/mol. The molecule has 4 bridgehead atoms. The maximum atomic E-state index is 14.4. The van der Waals surface area contributed by atoms with Crippen LogP contribution in [-0.4, -0.2) is 28.7 Å². The highest BCUT2D eigenvalue weighted by molar-refractivity contribution is 7.09. The van der Waals surface area contributed by atoms with Crippen molar-refractivity contribution in [1.29, 1.82) is 0 Å². The molecule has 1 atom stereocenters. The van der Waals surface area contributed by atoms with Gasteiger partial charge in [-0.1, -0.05) is 32.0 Å². The number of hydrogen-bond acceptors (Lipinski definition) is 4. The molecule has 1 saturated heterocycles. The molecule has 5 nitrogen and oxygen atoms in total. The van der Waals surface area contributed by atoms with E-state index in [0.717, 1.165) is 24.1 Å². The molecule has 0 spiro atoms. The zero-order chi connectivity index (χ0) is 24.3. The van der Waals surface area contributed by atoms with Crippen LogP contribution >= 0.6 is 11.3 Å². The first-order valence-corrected chi connectivity index (χ1v) is 14.0. The van der Waals surface area contributed by atoms with E-state index in [4.69, 9.17) is 0 Å². The average molecular weight is 491 g/mol. The van der Waals surface area contributed by atoms with Crippen molar-refractivity contribution in [1.82, 2.24) is 4.90 Å². The van der Waals surface area contributed by atoms with Crippen molar-refractivity contribution >= 4 is 34.7 Å². The Bertz CT molecular complexity index is 1100. The highest BCUT2D eigenvalue weighted by atomic mass is 32.1. The molecule has 7 rings (SSSR count). The lowest BCUT2D eigenvalue weighted by molar-refractivity contribution is -0.162. The topological polar surface area (TPSA) is 57.7 Å². The molecule has 1 aromatic heterocycles. The van der Waals surface area contributed by atoms with Gasteiger partial charge in [0.15, 0.2) is 0 Å². The Morgan fingerprint density at radius 2 is 1.66 bits per heavy atom. The van der Waals surface area contributed by atoms with E-state index in [9.17, 15) is 14.4 Å². The van der Waals surface area contributed by atoms with Gasteiger partial charge in [-0.15, -0.1) is 11.3 Å². The van der Waals surface area contributed by atoms with Crippen LogP contribution in [0.2, 0.25) is 0 Å². The molecule has 3 amide bonds. The molecular formula is C29H34N2O3S. The van der Waals surface area contributed by atoms with Crippen LogP contribution in [0, 0.1) is 23.2 Å². The molecule has 0 radical (unpaired) electrons. The summed E-state index contributed by atoms with van der Waals surface area (Å²) in [5, 5.41) is 2.01. The van der Waals surface area contributed by atoms with E-state index < -0.39 is 6.04 Å². The van der Waals surface area contributed by atoms with Gasteiger partial charge in [0.05, 0.1) is 24.1 Å². The first kappa shape index (κ1) is 23.0. The van der Waals surface area contributed by atoms with Gasteiger partial charge in [-0.05, 0) is 91.3 Å². The maximum absolute atomic E-state index is 14.4. The minimum Gasteiger partial charge on any atom is -0.324 e. The normalized spacial score (nSPS) is 31.6. The summed E-state index contributed by atoms with van der Waals surface area (Å²) in [6, 6.07) is 11.0. The third kappa shape index (κ3) is 3.94. The Balaban J connectivity index is 1.31. The summed E-state index contributed by atoms with van der Waals surface area (Å²) in [7, 11) is 0. The minimum atomic E-state index is -0.727. The number of carbonyl (C=O) groups is 3. The lowest BCUT2D eigenvalue weighted by Gasteiger charge is -2.56. The minimum absolute atomic E-state index is 0.0637. The molecule has 5 aliphatic rings. The van der Waals surface area contributed by atoms with Gasteiger partial charge in [0.25, 0.3) is 5.91 Å². The summed E-state index contributed by atoms with van der Waals surface area (Å²) in [4.78, 5) is 45.4. The molecule has 1 aromatic carbocycles. The zero-order valence-electron chi connectivity index (χ0n) is 20.6. The van der Waals surface area contributed by atoms with Crippen LogP contribution in [-0.2, 0) is 20.9 Å². The van der Waals surface area contributed by atoms with Crippen LogP contribution in [0.15, 0.2) is 41.8 Å². The molecule has 184 valence electrons. The van der Waals surface area contributed by atoms with Crippen molar-refractivity contribution in [3.63, 3.8) is 0 Å². The lowest BCUT2D eigenvalue weighted by atomic mass is 9.49. The molecule has 4 aliphatic carbocycles. The largest absolute Gasteiger partial charge is 0.324 e. The Morgan fingerprint density at radius 1 is 1.03 bits per heavy atom. The van der Waals surface area contributed by atoms with Gasteiger partial charge < -0.3 is 4.90 Å². The van der Waals surface area contributed by atoms with Crippen molar-refractivity contribution in [2.45, 2.75) is 77.3 Å². The SMILES string of the molecule is CC(C)c1ccc(N2C(=O)CC(N(Cc3cccs3)C(=O)C34CC5CC(CC(C5)C3)C4)C2=O)cc1. The summed E-state index contributed by atoms with van der Waals surface area (Å²) < 4.78 is 0. The number of carbonyl (C=O) groups excluding carboxylic acids is 3. The van der Waals surface area contributed by atoms with E-state index in [-0.39, 0.29) is 29.6 Å². The number of anilines is 1. The van der Waals surface area contributed by atoms with Gasteiger partial charge in [0, 0.05) is 4.88 Å². The molecule has 6 heteroatoms. The van der Waals surface area contributed by atoms with Crippen LogP contribution in [0.3, 0.4) is 0 Å². The number of nitrogens with zero attached hydrogens (tertiary/aromatic N) is 2. The van der Waals surface area contributed by atoms with Crippen molar-refractivity contribution in [3.05, 3.63) is 52.2 Å². The summed E-state index contributed by atoms with van der Waals surface area (Å²) in [5.74, 6) is 1.95. The fourth-order valence-electron chi connectivity index (χ4n) is 7.71. The fraction of sp³-hybridized carbons (Fsp3) is 0.552. The molecule has 0 N–H and O–H groups in total. The lowest BCUT2D eigenvalue weighted by Crippen LogP contribution is -2.57. The van der Waals surface area contributed by atoms with Crippen molar-refractivity contribution in [3.8, 4) is 0 Å². The molecular weight excluding hydrogens is 456 g/mol. The van der Waals surface area contributed by atoms with Gasteiger partial charge in [0.1, 0.15) is 6.04 Å². The molecule has 1 unspecified atom stereocenters. The number of hydrogen-bond donors (Lipinski definition) is 0. The van der Waals surface area contributed by atoms with E-state index in [1.807, 2.05) is 41.8 Å². The second-order valence-electron chi connectivity index (χ2n) is 11.7. The van der Waals surface area contributed by atoms with Gasteiger partial charge in [0.2, 0.25) is 11.8 Å². The van der Waals surface area contributed by atoms with Gasteiger partial charge in [-0.25, -0.2) is 4.90 Å². The number of rotatable bonds is 6. The molecule has 2 heterocycles. The highest BCUT2D eigenvalue weighted by Gasteiger charge is 2.57. The van der Waals surface area contributed by atoms with Crippen LogP contribution in [0.1, 0.15) is 75.2 Å². The fourth-order valence-corrected chi connectivity index (χ4v) is 8.41. The van der Waals surface area contributed by atoms with Gasteiger partial charge in [-0.2, -0.15) is 0 Å². The standard InChI is InChI=1S/C29H34N2O3S/c1-18(2)22-5-7-23(8-6-22)31-26(32)13-25(27(31)33)30(17-24-4-3-9-35-24)28(34)29-14-19-10-20(15-29)12-21(11-19)16-29/h3-9,18-21,25H,10-17H2,1-2H3. The predicted molar refractivity (Wildman–Crippen MR) is 137 cm³/mol. The van der Waals surface area contributed by atoms with E-state index in [0.29, 0.717) is 35.9 Å². The summed E-state index contributed by atoms with van der Waals surface area (Å²) in [6.07, 6.45) is 6.71. The number of imide groups is 1. The van der Waals surface area contributed by atoms with E-state index in [2.05, 4.69) is 13.8 Å². The second kappa shape index (κ2) is 8.58. The highest BCUT2D eigenvalue weighted by Crippen LogP contribution is 2.60. The maximum Gasteiger partial charge on any atom is 0.257 e. The molecule has 5 fully saturated rings. The molecule has 1 aliphatic heterocycles. The molecule has 2 aromatic rings. The molecule has 4 saturated carbocycles. The Hall–Kier alpha value is -2.47. The smallest absolute Gasteiger partial charge is 0.257 e. The first-order valence-electron chi connectivity index (χ1n) is 13.1. The average Bonchev–Trinajstić information content (AvgIpc) is 3.43. The van der Waals surface area contributed by atoms with Gasteiger partial charge in [-0.3, -0.25) is 14.4 Å². The second-order valence-corrected chi connectivity index (χ2v) is 12.8. The Morgan fingerprint density at radius 3 is 2.20 bits per heavy atom. The summed E-state index contributed by atoms with van der Waals surface area (Å²) >= 11 is 1.60. The predicted octanol–water partition coefficient (Wildman–Crippen LogP) is 5.75. The van der Waals surface area contributed by atoms with E-state index in [1.54, 1.807) is 16.2 Å². The first-order chi connectivity index (χ1) is 16.8. The summed E-state index contributed by atoms with van der Waals surface area (Å²) in [6.45, 7) is 4.65. The zero-order valence-corrected chi connectivity index (χ0v) is 21.4. The van der Waals surface area contributed by atoms with E-state index >= 15 is 0 Å².